The van der Waals surface area contributed by atoms with Gasteiger partial charge in [-0.25, -0.2) is 0 Å². The van der Waals surface area contributed by atoms with Crippen LogP contribution < -0.4 is 15.5 Å². The van der Waals surface area contributed by atoms with Gasteiger partial charge in [0.1, 0.15) is 0 Å². The van der Waals surface area contributed by atoms with E-state index in [0.717, 1.165) is 25.1 Å². The van der Waals surface area contributed by atoms with E-state index in [9.17, 15) is 4.79 Å². The molecule has 1 saturated carbocycles. The van der Waals surface area contributed by atoms with E-state index in [1.807, 2.05) is 31.1 Å². The first-order valence-corrected chi connectivity index (χ1v) is 6.43. The topological polar surface area (TPSA) is 44.4 Å². The number of likely N-dealkylation sites (N-methyl/N-ethyl adjacent to an activating group) is 1. The van der Waals surface area contributed by atoms with Gasteiger partial charge >= 0.3 is 0 Å². The number of carbonyl (C=O) groups is 1. The number of para-hydroxylation sites is 1. The third-order valence-electron chi connectivity index (χ3n) is 3.09. The zero-order valence-electron chi connectivity index (χ0n) is 11.1. The molecule has 0 spiro atoms. The molecular weight excluding hydrogens is 226 g/mol. The summed E-state index contributed by atoms with van der Waals surface area (Å²) in [5.41, 5.74) is 2.32. The lowest BCUT2D eigenvalue weighted by Gasteiger charge is -2.22. The fraction of sp³-hybridized carbons (Fsp3) is 0.500. The van der Waals surface area contributed by atoms with E-state index in [-0.39, 0.29) is 5.91 Å². The highest BCUT2D eigenvalue weighted by Crippen LogP contribution is 2.20. The van der Waals surface area contributed by atoms with Crippen LogP contribution in [0, 0.1) is 0 Å². The molecule has 1 aliphatic rings. The summed E-state index contributed by atoms with van der Waals surface area (Å²) in [6, 6.07) is 8.59. The summed E-state index contributed by atoms with van der Waals surface area (Å²) in [7, 11) is 3.89. The first-order valence-electron chi connectivity index (χ1n) is 6.43. The van der Waals surface area contributed by atoms with Crippen LogP contribution >= 0.6 is 0 Å². The zero-order valence-corrected chi connectivity index (χ0v) is 11.1. The first-order chi connectivity index (χ1) is 8.70. The maximum absolute atomic E-state index is 11.8. The number of rotatable bonds is 6. The minimum absolute atomic E-state index is 0.110. The van der Waals surface area contributed by atoms with Crippen molar-refractivity contribution in [2.75, 3.05) is 25.5 Å². The van der Waals surface area contributed by atoms with Gasteiger partial charge < -0.3 is 15.5 Å². The van der Waals surface area contributed by atoms with Crippen molar-refractivity contribution in [2.24, 2.45) is 0 Å². The molecule has 1 amide bonds. The molecule has 1 aromatic rings. The highest BCUT2D eigenvalue weighted by atomic mass is 16.2. The van der Waals surface area contributed by atoms with Gasteiger partial charge in [-0.2, -0.15) is 0 Å². The fourth-order valence-corrected chi connectivity index (χ4v) is 2.02. The summed E-state index contributed by atoms with van der Waals surface area (Å²) in [5.74, 6) is 0.110. The standard InChI is InChI=1S/C14H21N3O/c1-15-9-11-5-3-4-6-13(11)17(2)10-14(18)16-12-7-8-12/h3-6,12,15H,7-10H2,1-2H3,(H,16,18). The van der Waals surface area contributed by atoms with Gasteiger partial charge in [0.25, 0.3) is 0 Å². The summed E-state index contributed by atoms with van der Waals surface area (Å²) in [5, 5.41) is 6.16. The van der Waals surface area contributed by atoms with Gasteiger partial charge in [-0.1, -0.05) is 18.2 Å². The van der Waals surface area contributed by atoms with Crippen LogP contribution in [-0.4, -0.2) is 32.6 Å². The van der Waals surface area contributed by atoms with Crippen molar-refractivity contribution in [2.45, 2.75) is 25.4 Å². The molecule has 4 nitrogen and oxygen atoms in total. The second-order valence-corrected chi connectivity index (χ2v) is 4.86. The van der Waals surface area contributed by atoms with E-state index in [0.29, 0.717) is 12.6 Å². The van der Waals surface area contributed by atoms with Gasteiger partial charge in [0.15, 0.2) is 0 Å². The molecule has 2 rings (SSSR count). The number of benzene rings is 1. The van der Waals surface area contributed by atoms with Crippen molar-refractivity contribution in [1.82, 2.24) is 10.6 Å². The Morgan fingerprint density at radius 1 is 1.39 bits per heavy atom. The van der Waals surface area contributed by atoms with Gasteiger partial charge in [0, 0.05) is 25.3 Å². The Balaban J connectivity index is 1.98. The number of nitrogens with one attached hydrogen (secondary N) is 2. The highest BCUT2D eigenvalue weighted by Gasteiger charge is 2.23. The number of hydrogen-bond acceptors (Lipinski definition) is 3. The van der Waals surface area contributed by atoms with Crippen LogP contribution in [0.2, 0.25) is 0 Å². The first kappa shape index (κ1) is 12.9. The molecular formula is C14H21N3O. The molecule has 1 fully saturated rings. The molecule has 4 heteroatoms. The van der Waals surface area contributed by atoms with Crippen LogP contribution in [0.25, 0.3) is 0 Å². The quantitative estimate of drug-likeness (QED) is 0.792. The Morgan fingerprint density at radius 3 is 2.78 bits per heavy atom. The largest absolute Gasteiger partial charge is 0.365 e. The summed E-state index contributed by atoms with van der Waals surface area (Å²) in [4.78, 5) is 13.8. The lowest BCUT2D eigenvalue weighted by Crippen LogP contribution is -2.36. The van der Waals surface area contributed by atoms with Crippen molar-refractivity contribution < 1.29 is 4.79 Å². The summed E-state index contributed by atoms with van der Waals surface area (Å²) in [6.07, 6.45) is 2.26. The van der Waals surface area contributed by atoms with Gasteiger partial charge in [0.05, 0.1) is 6.54 Å². The molecule has 0 unspecified atom stereocenters. The van der Waals surface area contributed by atoms with E-state index in [2.05, 4.69) is 22.8 Å². The Kier molecular flexibility index (Phi) is 4.20. The molecule has 1 aromatic carbocycles. The van der Waals surface area contributed by atoms with Crippen molar-refractivity contribution in [1.29, 1.82) is 0 Å². The molecule has 0 saturated heterocycles. The van der Waals surface area contributed by atoms with Crippen LogP contribution in [0.5, 0.6) is 0 Å². The van der Waals surface area contributed by atoms with Crippen LogP contribution in [-0.2, 0) is 11.3 Å². The summed E-state index contributed by atoms with van der Waals surface area (Å²) >= 11 is 0. The Hall–Kier alpha value is -1.55. The zero-order chi connectivity index (χ0) is 13.0. The highest BCUT2D eigenvalue weighted by molar-refractivity contribution is 5.82. The lowest BCUT2D eigenvalue weighted by atomic mass is 10.1. The lowest BCUT2D eigenvalue weighted by molar-refractivity contribution is -0.119. The van der Waals surface area contributed by atoms with Crippen LogP contribution in [0.15, 0.2) is 24.3 Å². The maximum atomic E-state index is 11.8. The van der Waals surface area contributed by atoms with Crippen LogP contribution in [0.1, 0.15) is 18.4 Å². The average molecular weight is 247 g/mol. The third-order valence-corrected chi connectivity index (χ3v) is 3.09. The van der Waals surface area contributed by atoms with Crippen molar-refractivity contribution in [3.8, 4) is 0 Å². The normalized spacial score (nSPS) is 14.3. The molecule has 0 radical (unpaired) electrons. The molecule has 0 bridgehead atoms. The van der Waals surface area contributed by atoms with Crippen molar-refractivity contribution in [3.63, 3.8) is 0 Å². The fourth-order valence-electron chi connectivity index (χ4n) is 2.02. The molecule has 2 N–H and O–H groups in total. The van der Waals surface area contributed by atoms with E-state index < -0.39 is 0 Å². The van der Waals surface area contributed by atoms with Gasteiger partial charge in [0.2, 0.25) is 5.91 Å². The molecule has 0 aliphatic heterocycles. The average Bonchev–Trinajstić information content (AvgIpc) is 3.13. The SMILES string of the molecule is CNCc1ccccc1N(C)CC(=O)NC1CC1. The number of hydrogen-bond donors (Lipinski definition) is 2. The Morgan fingerprint density at radius 2 is 2.11 bits per heavy atom. The van der Waals surface area contributed by atoms with Gasteiger partial charge in [-0.3, -0.25) is 4.79 Å². The van der Waals surface area contributed by atoms with Crippen LogP contribution in [0.3, 0.4) is 0 Å². The number of carbonyl (C=O) groups excluding carboxylic acids is 1. The van der Waals surface area contributed by atoms with E-state index in [1.165, 1.54) is 5.56 Å². The van der Waals surface area contributed by atoms with Crippen LogP contribution in [0.4, 0.5) is 5.69 Å². The maximum Gasteiger partial charge on any atom is 0.239 e. The smallest absolute Gasteiger partial charge is 0.239 e. The second-order valence-electron chi connectivity index (χ2n) is 4.86. The molecule has 18 heavy (non-hydrogen) atoms. The monoisotopic (exact) mass is 247 g/mol. The number of nitrogens with zero attached hydrogens (tertiary/aromatic N) is 1. The third kappa shape index (κ3) is 3.47. The molecule has 0 heterocycles. The van der Waals surface area contributed by atoms with E-state index in [4.69, 9.17) is 0 Å². The molecule has 0 atom stereocenters. The van der Waals surface area contributed by atoms with Gasteiger partial charge in [-0.05, 0) is 31.5 Å². The van der Waals surface area contributed by atoms with E-state index >= 15 is 0 Å². The summed E-state index contributed by atoms with van der Waals surface area (Å²) < 4.78 is 0. The van der Waals surface area contributed by atoms with Gasteiger partial charge in [-0.15, -0.1) is 0 Å². The molecule has 1 aliphatic carbocycles. The Bertz CT molecular complexity index is 415. The minimum Gasteiger partial charge on any atom is -0.365 e. The van der Waals surface area contributed by atoms with E-state index in [1.54, 1.807) is 0 Å². The molecule has 98 valence electrons. The predicted molar refractivity (Wildman–Crippen MR) is 73.6 cm³/mol. The summed E-state index contributed by atoms with van der Waals surface area (Å²) in [6.45, 7) is 1.22. The van der Waals surface area contributed by atoms with Crippen molar-refractivity contribution >= 4 is 11.6 Å². The number of amides is 1. The minimum atomic E-state index is 0.110. The van der Waals surface area contributed by atoms with Crippen molar-refractivity contribution in [3.05, 3.63) is 29.8 Å². The predicted octanol–water partition coefficient (Wildman–Crippen LogP) is 1.12. The second kappa shape index (κ2) is 5.87. The number of anilines is 1. The molecule has 0 aromatic heterocycles. The Labute approximate surface area is 108 Å².